The first-order valence-corrected chi connectivity index (χ1v) is 6.52. The van der Waals surface area contributed by atoms with E-state index in [1.807, 2.05) is 0 Å². The van der Waals surface area contributed by atoms with Crippen molar-refractivity contribution in [1.29, 1.82) is 0 Å². The van der Waals surface area contributed by atoms with Gasteiger partial charge in [-0.1, -0.05) is 20.8 Å². The molecule has 0 aliphatic heterocycles. The summed E-state index contributed by atoms with van der Waals surface area (Å²) in [6, 6.07) is 4.45. The summed E-state index contributed by atoms with van der Waals surface area (Å²) in [6.07, 6.45) is 0. The molecule has 0 unspecified atom stereocenters. The Morgan fingerprint density at radius 3 is 2.76 bits per heavy atom. The van der Waals surface area contributed by atoms with Crippen molar-refractivity contribution in [1.82, 2.24) is 5.32 Å². The zero-order valence-electron chi connectivity index (χ0n) is 10.5. The zero-order valence-corrected chi connectivity index (χ0v) is 12.1. The van der Waals surface area contributed by atoms with E-state index in [0.29, 0.717) is 12.4 Å². The maximum absolute atomic E-state index is 13.1. The third kappa shape index (κ3) is 5.04. The minimum atomic E-state index is -0.285. The first-order valence-electron chi connectivity index (χ1n) is 5.73. The summed E-state index contributed by atoms with van der Waals surface area (Å²) in [4.78, 5) is 0. The number of rotatable bonds is 6. The maximum atomic E-state index is 13.1. The van der Waals surface area contributed by atoms with Crippen molar-refractivity contribution in [3.63, 3.8) is 0 Å². The van der Waals surface area contributed by atoms with E-state index in [9.17, 15) is 4.39 Å². The van der Waals surface area contributed by atoms with Crippen molar-refractivity contribution in [2.24, 2.45) is 5.41 Å². The summed E-state index contributed by atoms with van der Waals surface area (Å²) < 4.78 is 19.5. The highest BCUT2D eigenvalue weighted by molar-refractivity contribution is 9.10. The quantitative estimate of drug-likeness (QED) is 0.867. The Bertz CT molecular complexity index is 368. The van der Waals surface area contributed by atoms with Crippen molar-refractivity contribution in [3.05, 3.63) is 28.5 Å². The Labute approximate surface area is 111 Å². The second kappa shape index (κ2) is 6.36. The van der Waals surface area contributed by atoms with Crippen LogP contribution in [-0.2, 0) is 0 Å². The Morgan fingerprint density at radius 1 is 1.41 bits per heavy atom. The Kier molecular flexibility index (Phi) is 5.40. The van der Waals surface area contributed by atoms with Crippen molar-refractivity contribution < 1.29 is 9.13 Å². The van der Waals surface area contributed by atoms with Crippen LogP contribution in [-0.4, -0.2) is 19.7 Å². The largest absolute Gasteiger partial charge is 0.492 e. The second-order valence-electron chi connectivity index (χ2n) is 4.81. The van der Waals surface area contributed by atoms with Gasteiger partial charge in [0.2, 0.25) is 0 Å². The summed E-state index contributed by atoms with van der Waals surface area (Å²) in [6.45, 7) is 8.65. The van der Waals surface area contributed by atoms with Crippen molar-refractivity contribution >= 4 is 15.9 Å². The van der Waals surface area contributed by atoms with Crippen LogP contribution in [0.4, 0.5) is 4.39 Å². The fourth-order valence-electron chi connectivity index (χ4n) is 1.38. The molecule has 96 valence electrons. The normalized spacial score (nSPS) is 11.6. The van der Waals surface area contributed by atoms with Crippen LogP contribution < -0.4 is 10.1 Å². The van der Waals surface area contributed by atoms with Gasteiger partial charge < -0.3 is 10.1 Å². The molecule has 1 aromatic carbocycles. The van der Waals surface area contributed by atoms with Gasteiger partial charge in [-0.25, -0.2) is 4.39 Å². The highest BCUT2D eigenvalue weighted by atomic mass is 79.9. The number of hydrogen-bond acceptors (Lipinski definition) is 2. The number of halogens is 2. The van der Waals surface area contributed by atoms with Crippen LogP contribution in [0.3, 0.4) is 0 Å². The zero-order chi connectivity index (χ0) is 12.9. The van der Waals surface area contributed by atoms with Gasteiger partial charge >= 0.3 is 0 Å². The molecule has 0 fully saturated rings. The maximum Gasteiger partial charge on any atom is 0.136 e. The van der Waals surface area contributed by atoms with Gasteiger partial charge in [-0.15, -0.1) is 0 Å². The third-order valence-electron chi connectivity index (χ3n) is 2.37. The van der Waals surface area contributed by atoms with E-state index in [4.69, 9.17) is 4.74 Å². The van der Waals surface area contributed by atoms with E-state index >= 15 is 0 Å². The summed E-state index contributed by atoms with van der Waals surface area (Å²) in [7, 11) is 0. The topological polar surface area (TPSA) is 21.3 Å². The molecule has 0 aliphatic rings. The highest BCUT2D eigenvalue weighted by Gasteiger charge is 2.18. The molecule has 0 radical (unpaired) electrons. The molecule has 1 N–H and O–H groups in total. The molecule has 4 heteroatoms. The first-order chi connectivity index (χ1) is 7.94. The van der Waals surface area contributed by atoms with Gasteiger partial charge in [-0.05, 0) is 34.6 Å². The smallest absolute Gasteiger partial charge is 0.136 e. The minimum absolute atomic E-state index is 0.0156. The van der Waals surface area contributed by atoms with E-state index in [2.05, 4.69) is 42.0 Å². The van der Waals surface area contributed by atoms with E-state index < -0.39 is 0 Å². The molecule has 0 bridgehead atoms. The van der Waals surface area contributed by atoms with Crippen LogP contribution in [0.5, 0.6) is 5.75 Å². The number of hydrogen-bond donors (Lipinski definition) is 1. The lowest BCUT2D eigenvalue weighted by Gasteiger charge is -2.25. The molecule has 1 rings (SSSR count). The van der Waals surface area contributed by atoms with Crippen LogP contribution in [0.1, 0.15) is 20.8 Å². The molecule has 0 atom stereocenters. The molecule has 1 aromatic rings. The lowest BCUT2D eigenvalue weighted by Crippen LogP contribution is -2.34. The van der Waals surface area contributed by atoms with Gasteiger partial charge in [0.15, 0.2) is 0 Å². The Balaban J connectivity index is 2.57. The molecule has 0 aromatic heterocycles. The van der Waals surface area contributed by atoms with Crippen molar-refractivity contribution in [2.45, 2.75) is 20.8 Å². The molecule has 0 spiro atoms. The summed E-state index contributed by atoms with van der Waals surface area (Å²) in [5.41, 5.74) is 0.0156. The van der Waals surface area contributed by atoms with Crippen molar-refractivity contribution in [3.8, 4) is 5.75 Å². The summed E-state index contributed by atoms with van der Waals surface area (Å²) >= 11 is 3.34. The molecule has 0 amide bonds. The molecule has 17 heavy (non-hydrogen) atoms. The van der Waals surface area contributed by atoms with Gasteiger partial charge in [-0.2, -0.15) is 0 Å². The molecule has 0 heterocycles. The van der Waals surface area contributed by atoms with Crippen molar-refractivity contribution in [2.75, 3.05) is 19.7 Å². The van der Waals surface area contributed by atoms with E-state index in [0.717, 1.165) is 17.6 Å². The van der Waals surface area contributed by atoms with Crippen LogP contribution >= 0.6 is 15.9 Å². The van der Waals surface area contributed by atoms with Gasteiger partial charge in [-0.3, -0.25) is 0 Å². The number of nitrogens with one attached hydrogen (secondary N) is 1. The fraction of sp³-hybridized carbons (Fsp3) is 0.538. The van der Waals surface area contributed by atoms with Gasteiger partial charge in [0.1, 0.15) is 11.6 Å². The minimum Gasteiger partial charge on any atom is -0.492 e. The molecule has 0 saturated carbocycles. The van der Waals surface area contributed by atoms with Gasteiger partial charge in [0, 0.05) is 18.0 Å². The number of ether oxygens (including phenoxy) is 1. The summed E-state index contributed by atoms with van der Waals surface area (Å²) in [5, 5.41) is 3.29. The third-order valence-corrected chi connectivity index (χ3v) is 3.02. The van der Waals surface area contributed by atoms with Gasteiger partial charge in [0.05, 0.1) is 11.1 Å². The molecule has 2 nitrogen and oxygen atoms in total. The van der Waals surface area contributed by atoms with Crippen LogP contribution in [0.2, 0.25) is 0 Å². The van der Waals surface area contributed by atoms with Crippen LogP contribution in [0.15, 0.2) is 22.7 Å². The summed E-state index contributed by atoms with van der Waals surface area (Å²) in [5.74, 6) is 0.266. The lowest BCUT2D eigenvalue weighted by atomic mass is 9.95. The molecule has 0 aliphatic carbocycles. The second-order valence-corrected chi connectivity index (χ2v) is 5.66. The predicted octanol–water partition coefficient (Wildman–Crippen LogP) is 3.60. The first kappa shape index (κ1) is 14.5. The average molecular weight is 304 g/mol. The monoisotopic (exact) mass is 303 g/mol. The van der Waals surface area contributed by atoms with Crippen LogP contribution in [0.25, 0.3) is 0 Å². The SMILES string of the molecule is CCNCC(C)(C)COc1cc(F)ccc1Br. The molecule has 0 saturated heterocycles. The average Bonchev–Trinajstić information content (AvgIpc) is 2.28. The van der Waals surface area contributed by atoms with E-state index in [-0.39, 0.29) is 11.2 Å². The van der Waals surface area contributed by atoms with E-state index in [1.165, 1.54) is 12.1 Å². The fourth-order valence-corrected chi connectivity index (χ4v) is 1.74. The predicted molar refractivity (Wildman–Crippen MR) is 71.9 cm³/mol. The standard InChI is InChI=1S/C13H19BrFNO/c1-4-16-8-13(2,3)9-17-12-7-10(15)5-6-11(12)14/h5-7,16H,4,8-9H2,1-3H3. The lowest BCUT2D eigenvalue weighted by molar-refractivity contribution is 0.176. The number of benzene rings is 1. The molecular formula is C13H19BrFNO. The van der Waals surface area contributed by atoms with Gasteiger partial charge in [0.25, 0.3) is 0 Å². The molecular weight excluding hydrogens is 285 g/mol. The van der Waals surface area contributed by atoms with E-state index in [1.54, 1.807) is 6.07 Å². The highest BCUT2D eigenvalue weighted by Crippen LogP contribution is 2.27. The van der Waals surface area contributed by atoms with Crippen LogP contribution in [0, 0.1) is 11.2 Å². The Hall–Kier alpha value is -0.610. The Morgan fingerprint density at radius 2 is 2.12 bits per heavy atom.